The van der Waals surface area contributed by atoms with Crippen LogP contribution >= 0.6 is 0 Å². The molecule has 0 fully saturated rings. The molecule has 3 N–H and O–H groups in total. The third kappa shape index (κ3) is 4.53. The molecule has 86 valence electrons. The Morgan fingerprint density at radius 1 is 1.00 bits per heavy atom. The third-order valence-corrected chi connectivity index (χ3v) is 1.50. The average molecular weight is 216 g/mol. The van der Waals surface area contributed by atoms with Gasteiger partial charge in [-0.15, -0.1) is 0 Å². The first-order valence-electron chi connectivity index (χ1n) is 4.32. The van der Waals surface area contributed by atoms with E-state index in [1.807, 2.05) is 0 Å². The van der Waals surface area contributed by atoms with Crippen molar-refractivity contribution in [2.24, 2.45) is 0 Å². The fraction of sp³-hybridized carbons (Fsp3) is 0.400. The van der Waals surface area contributed by atoms with Crippen molar-refractivity contribution in [1.29, 1.82) is 0 Å². The minimum Gasteiger partial charge on any atom is -0.502 e. The van der Waals surface area contributed by atoms with Gasteiger partial charge in [-0.25, -0.2) is 0 Å². The Labute approximate surface area is 88.5 Å². The second kappa shape index (κ2) is 7.90. The number of phenolic OH excluding ortho intramolecular Hbond substituents is 1. The largest absolute Gasteiger partial charge is 0.502 e. The first kappa shape index (κ1) is 13.5. The summed E-state index contributed by atoms with van der Waals surface area (Å²) in [7, 11) is 2.99. The van der Waals surface area contributed by atoms with Gasteiger partial charge in [-0.3, -0.25) is 0 Å². The molecule has 0 aliphatic carbocycles. The molecule has 0 spiro atoms. The molecule has 0 saturated heterocycles. The molecule has 15 heavy (non-hydrogen) atoms. The molecule has 0 bridgehead atoms. The zero-order valence-corrected chi connectivity index (χ0v) is 8.80. The maximum absolute atomic E-state index is 9.34. The Kier molecular flexibility index (Phi) is 7.13. The van der Waals surface area contributed by atoms with Crippen molar-refractivity contribution in [2.45, 2.75) is 0 Å². The molecular formula is C10H16O5. The van der Waals surface area contributed by atoms with Crippen LogP contribution < -0.4 is 9.47 Å². The molecule has 0 aromatic heterocycles. The van der Waals surface area contributed by atoms with Crippen LogP contribution in [0.15, 0.2) is 18.2 Å². The highest BCUT2D eigenvalue weighted by molar-refractivity contribution is 5.49. The van der Waals surface area contributed by atoms with Gasteiger partial charge in [0.05, 0.1) is 27.4 Å². The maximum Gasteiger partial charge on any atom is 0.200 e. The minimum absolute atomic E-state index is 0.0394. The minimum atomic E-state index is -0.125. The van der Waals surface area contributed by atoms with Crippen LogP contribution in [0.25, 0.3) is 0 Å². The number of aliphatic hydroxyl groups excluding tert-OH is 2. The lowest BCUT2D eigenvalue weighted by molar-refractivity contribution is 0.186. The summed E-state index contributed by atoms with van der Waals surface area (Å²) in [5, 5.41) is 24.6. The van der Waals surface area contributed by atoms with E-state index in [4.69, 9.17) is 19.7 Å². The summed E-state index contributed by atoms with van der Waals surface area (Å²) in [4.78, 5) is 0. The number of aromatic hydroxyl groups is 1. The Bertz CT molecular complexity index is 250. The quantitative estimate of drug-likeness (QED) is 0.680. The zero-order valence-electron chi connectivity index (χ0n) is 8.80. The Morgan fingerprint density at radius 3 is 1.67 bits per heavy atom. The van der Waals surface area contributed by atoms with Crippen LogP contribution in [0.3, 0.4) is 0 Å². The van der Waals surface area contributed by atoms with Gasteiger partial charge < -0.3 is 24.8 Å². The van der Waals surface area contributed by atoms with E-state index in [-0.39, 0.29) is 19.0 Å². The van der Waals surface area contributed by atoms with Crippen LogP contribution in [0.5, 0.6) is 17.2 Å². The second-order valence-electron chi connectivity index (χ2n) is 2.46. The van der Waals surface area contributed by atoms with Crippen molar-refractivity contribution >= 4 is 0 Å². The summed E-state index contributed by atoms with van der Waals surface area (Å²) in [5.74, 6) is 0.881. The molecule has 0 aliphatic rings. The van der Waals surface area contributed by atoms with E-state index in [9.17, 15) is 5.11 Å². The molecule has 0 amide bonds. The summed E-state index contributed by atoms with van der Waals surface area (Å²) < 4.78 is 9.71. The van der Waals surface area contributed by atoms with Gasteiger partial charge >= 0.3 is 0 Å². The molecule has 5 heteroatoms. The molecule has 0 heterocycles. The predicted molar refractivity (Wildman–Crippen MR) is 55.4 cm³/mol. The fourth-order valence-corrected chi connectivity index (χ4v) is 0.832. The monoisotopic (exact) mass is 216 g/mol. The Balaban J connectivity index is 0.000000423. The number of aliphatic hydroxyl groups is 2. The van der Waals surface area contributed by atoms with Crippen LogP contribution in [0.4, 0.5) is 0 Å². The van der Waals surface area contributed by atoms with Crippen LogP contribution in [0.2, 0.25) is 0 Å². The number of ether oxygens (including phenoxy) is 2. The molecule has 0 atom stereocenters. The van der Waals surface area contributed by atoms with E-state index in [0.717, 1.165) is 0 Å². The lowest BCUT2D eigenvalue weighted by atomic mass is 10.3. The van der Waals surface area contributed by atoms with E-state index < -0.39 is 0 Å². The van der Waals surface area contributed by atoms with E-state index in [0.29, 0.717) is 11.5 Å². The number of phenols is 1. The number of rotatable bonds is 3. The van der Waals surface area contributed by atoms with Crippen molar-refractivity contribution < 1.29 is 24.8 Å². The lowest BCUT2D eigenvalue weighted by Crippen LogP contribution is -1.87. The summed E-state index contributed by atoms with van der Waals surface area (Å²) in [5.41, 5.74) is 0. The van der Waals surface area contributed by atoms with Crippen LogP contribution in [0.1, 0.15) is 0 Å². The zero-order chi connectivity index (χ0) is 11.7. The summed E-state index contributed by atoms with van der Waals surface area (Å²) >= 11 is 0. The van der Waals surface area contributed by atoms with Crippen LogP contribution in [-0.4, -0.2) is 42.8 Å². The smallest absolute Gasteiger partial charge is 0.200 e. The highest BCUT2D eigenvalue weighted by atomic mass is 16.5. The van der Waals surface area contributed by atoms with Gasteiger partial charge in [0, 0.05) is 0 Å². The van der Waals surface area contributed by atoms with Crippen molar-refractivity contribution in [2.75, 3.05) is 27.4 Å². The SMILES string of the molecule is COc1cccc(OC)c1O.OCCO. The summed E-state index contributed by atoms with van der Waals surface area (Å²) in [6, 6.07) is 5.08. The van der Waals surface area contributed by atoms with E-state index in [1.165, 1.54) is 14.2 Å². The third-order valence-electron chi connectivity index (χ3n) is 1.50. The van der Waals surface area contributed by atoms with E-state index in [1.54, 1.807) is 18.2 Å². The van der Waals surface area contributed by atoms with Crippen molar-refractivity contribution in [3.05, 3.63) is 18.2 Å². The molecule has 1 aromatic rings. The molecule has 0 saturated carbocycles. The van der Waals surface area contributed by atoms with E-state index >= 15 is 0 Å². The molecule has 0 radical (unpaired) electrons. The van der Waals surface area contributed by atoms with Gasteiger partial charge in [0.25, 0.3) is 0 Å². The average Bonchev–Trinajstić information content (AvgIpc) is 2.30. The van der Waals surface area contributed by atoms with Gasteiger partial charge in [-0.2, -0.15) is 0 Å². The van der Waals surface area contributed by atoms with Crippen molar-refractivity contribution in [1.82, 2.24) is 0 Å². The molecule has 0 aliphatic heterocycles. The van der Waals surface area contributed by atoms with Gasteiger partial charge in [-0.1, -0.05) is 6.07 Å². The van der Waals surface area contributed by atoms with E-state index in [2.05, 4.69) is 0 Å². The van der Waals surface area contributed by atoms with Crippen LogP contribution in [0, 0.1) is 0 Å². The Hall–Kier alpha value is -1.46. The molecule has 5 nitrogen and oxygen atoms in total. The number of methoxy groups -OCH3 is 2. The number of para-hydroxylation sites is 1. The number of hydrogen-bond donors (Lipinski definition) is 3. The predicted octanol–water partition coefficient (Wildman–Crippen LogP) is 0.380. The lowest BCUT2D eigenvalue weighted by Gasteiger charge is -2.06. The maximum atomic E-state index is 9.34. The molecule has 1 aromatic carbocycles. The normalized spacial score (nSPS) is 8.80. The van der Waals surface area contributed by atoms with Crippen LogP contribution in [-0.2, 0) is 0 Å². The van der Waals surface area contributed by atoms with Crippen molar-refractivity contribution in [3.63, 3.8) is 0 Å². The van der Waals surface area contributed by atoms with Gasteiger partial charge in [0.1, 0.15) is 0 Å². The molecule has 0 unspecified atom stereocenters. The standard InChI is InChI=1S/C8H10O3.C2H6O2/c1-10-6-4-3-5-7(11-2)8(6)9;3-1-2-4/h3-5,9H,1-2H3;3-4H,1-2H2. The van der Waals surface area contributed by atoms with Gasteiger partial charge in [0.15, 0.2) is 11.5 Å². The Morgan fingerprint density at radius 2 is 1.40 bits per heavy atom. The first-order valence-corrected chi connectivity index (χ1v) is 4.32. The van der Waals surface area contributed by atoms with Gasteiger partial charge in [-0.05, 0) is 12.1 Å². The molecule has 1 rings (SSSR count). The topological polar surface area (TPSA) is 79.2 Å². The summed E-state index contributed by atoms with van der Waals surface area (Å²) in [6.07, 6.45) is 0. The fourth-order valence-electron chi connectivity index (χ4n) is 0.832. The number of benzene rings is 1. The van der Waals surface area contributed by atoms with Crippen molar-refractivity contribution in [3.8, 4) is 17.2 Å². The summed E-state index contributed by atoms with van der Waals surface area (Å²) in [6.45, 7) is -0.250. The first-order chi connectivity index (χ1) is 7.21. The second-order valence-corrected chi connectivity index (χ2v) is 2.46. The number of hydrogen-bond acceptors (Lipinski definition) is 5. The molecular weight excluding hydrogens is 200 g/mol. The van der Waals surface area contributed by atoms with Gasteiger partial charge in [0.2, 0.25) is 5.75 Å². The highest BCUT2D eigenvalue weighted by Crippen LogP contribution is 2.34. The highest BCUT2D eigenvalue weighted by Gasteiger charge is 2.05.